The molecule has 0 unspecified atom stereocenters. The van der Waals surface area contributed by atoms with Crippen LogP contribution in [0.4, 0.5) is 14.9 Å². The second-order valence-corrected chi connectivity index (χ2v) is 7.10. The molecule has 8 nitrogen and oxygen atoms in total. The van der Waals surface area contributed by atoms with Gasteiger partial charge in [-0.3, -0.25) is 10.1 Å². The Morgan fingerprint density at radius 2 is 2.12 bits per heavy atom. The van der Waals surface area contributed by atoms with Crippen LogP contribution in [-0.2, 0) is 4.74 Å². The third-order valence-corrected chi connectivity index (χ3v) is 5.27. The molecule has 134 valence electrons. The first kappa shape index (κ1) is 16.6. The Morgan fingerprint density at radius 1 is 1.31 bits per heavy atom. The van der Waals surface area contributed by atoms with Crippen molar-refractivity contribution in [2.45, 2.75) is 6.92 Å². The van der Waals surface area contributed by atoms with Crippen LogP contribution < -0.4 is 20.1 Å². The molecule has 0 bridgehead atoms. The third-order valence-electron chi connectivity index (χ3n) is 3.50. The largest absolute Gasteiger partial charge is 0.454 e. The summed E-state index contributed by atoms with van der Waals surface area (Å²) in [5.41, 5.74) is 1.12. The van der Waals surface area contributed by atoms with Gasteiger partial charge < -0.3 is 19.5 Å². The maximum absolute atomic E-state index is 12.2. The van der Waals surface area contributed by atoms with E-state index in [0.717, 1.165) is 10.2 Å². The second-order valence-electron chi connectivity index (χ2n) is 5.16. The first-order valence-corrected chi connectivity index (χ1v) is 9.36. The molecule has 1 aromatic carbocycles. The van der Waals surface area contributed by atoms with Crippen molar-refractivity contribution in [1.29, 1.82) is 0 Å². The highest BCUT2D eigenvalue weighted by molar-refractivity contribution is 7.22. The van der Waals surface area contributed by atoms with Crippen LogP contribution in [0.1, 0.15) is 17.3 Å². The number of thiazole rings is 1. The fourth-order valence-corrected chi connectivity index (χ4v) is 4.11. The molecule has 2 N–H and O–H groups in total. The number of fused-ring (bicyclic) bond motifs is 2. The number of ether oxygens (including phenoxy) is 3. The molecule has 2 amide bonds. The molecule has 0 fully saturated rings. The summed E-state index contributed by atoms with van der Waals surface area (Å²) in [6.45, 7) is 2.07. The molecule has 0 radical (unpaired) electrons. The number of amides is 2. The molecule has 0 aliphatic carbocycles. The summed E-state index contributed by atoms with van der Waals surface area (Å²) >= 11 is 2.77. The molecule has 4 rings (SSSR count). The van der Waals surface area contributed by atoms with Gasteiger partial charge in [-0.15, -0.1) is 11.3 Å². The highest BCUT2D eigenvalue weighted by atomic mass is 32.1. The van der Waals surface area contributed by atoms with Crippen LogP contribution >= 0.6 is 22.7 Å². The van der Waals surface area contributed by atoms with Crippen molar-refractivity contribution in [3.8, 4) is 11.5 Å². The molecule has 0 saturated carbocycles. The Balaban J connectivity index is 1.55. The summed E-state index contributed by atoms with van der Waals surface area (Å²) in [4.78, 5) is 28.2. The third kappa shape index (κ3) is 3.16. The van der Waals surface area contributed by atoms with Gasteiger partial charge in [0.1, 0.15) is 5.00 Å². The molecular weight excluding hydrogens is 378 g/mol. The van der Waals surface area contributed by atoms with E-state index in [0.29, 0.717) is 27.2 Å². The van der Waals surface area contributed by atoms with Gasteiger partial charge in [0, 0.05) is 12.1 Å². The van der Waals surface area contributed by atoms with E-state index < -0.39 is 12.0 Å². The van der Waals surface area contributed by atoms with Crippen LogP contribution in [-0.4, -0.2) is 30.4 Å². The van der Waals surface area contributed by atoms with Crippen LogP contribution in [0.25, 0.3) is 10.2 Å². The van der Waals surface area contributed by atoms with Gasteiger partial charge in [0.25, 0.3) is 5.91 Å². The second kappa shape index (κ2) is 6.81. The zero-order chi connectivity index (χ0) is 18.1. The van der Waals surface area contributed by atoms with E-state index in [2.05, 4.69) is 15.6 Å². The summed E-state index contributed by atoms with van der Waals surface area (Å²) in [6.07, 6.45) is -0.774. The molecule has 0 atom stereocenters. The normalized spacial score (nSPS) is 12.2. The molecule has 1 aliphatic heterocycles. The van der Waals surface area contributed by atoms with Crippen LogP contribution in [0.3, 0.4) is 0 Å². The number of alkyl carbamates (subject to hydrolysis) is 1. The highest BCUT2D eigenvalue weighted by Crippen LogP contribution is 2.40. The Morgan fingerprint density at radius 3 is 2.92 bits per heavy atom. The molecule has 0 spiro atoms. The lowest BCUT2D eigenvalue weighted by molar-refractivity contribution is 0.0926. The zero-order valence-electron chi connectivity index (χ0n) is 13.5. The van der Waals surface area contributed by atoms with Gasteiger partial charge in [0.15, 0.2) is 16.6 Å². The number of thiophene rings is 1. The lowest BCUT2D eigenvalue weighted by atomic mass is 10.3. The predicted molar refractivity (Wildman–Crippen MR) is 97.8 cm³/mol. The van der Waals surface area contributed by atoms with Crippen LogP contribution in [0.2, 0.25) is 0 Å². The van der Waals surface area contributed by atoms with Gasteiger partial charge >= 0.3 is 6.09 Å². The number of nitrogens with one attached hydrogen (secondary N) is 2. The summed E-state index contributed by atoms with van der Waals surface area (Å²) < 4.78 is 16.4. The predicted octanol–water partition coefficient (Wildman–Crippen LogP) is 3.72. The fraction of sp³-hybridized carbons (Fsp3) is 0.188. The smallest absolute Gasteiger partial charge is 0.414 e. The minimum atomic E-state index is -0.774. The van der Waals surface area contributed by atoms with E-state index in [1.165, 1.54) is 22.7 Å². The molecule has 2 aromatic heterocycles. The topological polar surface area (TPSA) is 98.8 Å². The lowest BCUT2D eigenvalue weighted by Gasteiger charge is -2.05. The van der Waals surface area contributed by atoms with E-state index in [9.17, 15) is 9.59 Å². The van der Waals surface area contributed by atoms with Crippen molar-refractivity contribution in [1.82, 2.24) is 10.3 Å². The van der Waals surface area contributed by atoms with Gasteiger partial charge in [0.2, 0.25) is 6.79 Å². The van der Waals surface area contributed by atoms with Crippen molar-refractivity contribution in [2.24, 2.45) is 0 Å². The number of carbonyl (C=O) groups is 2. The summed E-state index contributed by atoms with van der Waals surface area (Å²) in [7, 11) is 0. The van der Waals surface area contributed by atoms with Crippen LogP contribution in [0.15, 0.2) is 23.6 Å². The van der Waals surface area contributed by atoms with Gasteiger partial charge in [-0.25, -0.2) is 9.78 Å². The Hall–Kier alpha value is -2.85. The van der Waals surface area contributed by atoms with Crippen molar-refractivity contribution in [3.63, 3.8) is 0 Å². The van der Waals surface area contributed by atoms with Crippen LogP contribution in [0.5, 0.6) is 11.5 Å². The number of anilines is 2. The van der Waals surface area contributed by atoms with E-state index in [4.69, 9.17) is 14.2 Å². The molecule has 26 heavy (non-hydrogen) atoms. The number of aromatic nitrogens is 1. The number of imide groups is 1. The number of hydrogen-bond donors (Lipinski definition) is 2. The molecule has 10 heteroatoms. The number of carbonyl (C=O) groups excluding carboxylic acids is 2. The monoisotopic (exact) mass is 391 g/mol. The van der Waals surface area contributed by atoms with Crippen molar-refractivity contribution in [2.75, 3.05) is 18.7 Å². The Bertz CT molecular complexity index is 956. The van der Waals surface area contributed by atoms with E-state index in [-0.39, 0.29) is 13.4 Å². The summed E-state index contributed by atoms with van der Waals surface area (Å²) in [5, 5.41) is 8.28. The number of benzene rings is 1. The van der Waals surface area contributed by atoms with Gasteiger partial charge in [-0.05, 0) is 18.4 Å². The van der Waals surface area contributed by atoms with Gasteiger partial charge in [-0.1, -0.05) is 11.3 Å². The van der Waals surface area contributed by atoms with E-state index >= 15 is 0 Å². The molecule has 3 heterocycles. The number of nitrogens with zero attached hydrogens (tertiary/aromatic N) is 1. The molecular formula is C16H13N3O5S2. The average Bonchev–Trinajstić information content (AvgIpc) is 3.31. The van der Waals surface area contributed by atoms with E-state index in [1.807, 2.05) is 12.1 Å². The standard InChI is InChI=1S/C16H13N3O5S2/c1-2-22-16(21)18-13(20)8-3-4-25-14(8)19-15-17-9-5-10-11(24-7-23-10)6-12(9)26-15/h3-6H,2,7H2,1H3,(H,17,19)(H,18,20,21). The maximum atomic E-state index is 12.2. The first-order chi connectivity index (χ1) is 12.6. The summed E-state index contributed by atoms with van der Waals surface area (Å²) in [6, 6.07) is 5.33. The zero-order valence-corrected chi connectivity index (χ0v) is 15.2. The van der Waals surface area contributed by atoms with Crippen LogP contribution in [0, 0.1) is 0 Å². The van der Waals surface area contributed by atoms with Crippen molar-refractivity contribution >= 4 is 55.0 Å². The minimum absolute atomic E-state index is 0.191. The molecule has 0 saturated heterocycles. The molecule has 3 aromatic rings. The first-order valence-electron chi connectivity index (χ1n) is 7.67. The van der Waals surface area contributed by atoms with E-state index in [1.54, 1.807) is 18.4 Å². The average molecular weight is 391 g/mol. The van der Waals surface area contributed by atoms with Crippen molar-refractivity contribution in [3.05, 3.63) is 29.1 Å². The number of rotatable bonds is 4. The van der Waals surface area contributed by atoms with Gasteiger partial charge in [-0.2, -0.15) is 0 Å². The van der Waals surface area contributed by atoms with Crippen molar-refractivity contribution < 1.29 is 23.8 Å². The Labute approximate surface area is 155 Å². The highest BCUT2D eigenvalue weighted by Gasteiger charge is 2.19. The number of hydrogen-bond acceptors (Lipinski definition) is 9. The Kier molecular flexibility index (Phi) is 4.35. The fourth-order valence-electron chi connectivity index (χ4n) is 2.38. The quantitative estimate of drug-likeness (QED) is 0.699. The molecule has 1 aliphatic rings. The van der Waals surface area contributed by atoms with Gasteiger partial charge in [0.05, 0.1) is 22.4 Å². The SMILES string of the molecule is CCOC(=O)NC(=O)c1ccsc1Nc1nc2cc3c(cc2s1)OCO3. The minimum Gasteiger partial charge on any atom is -0.454 e. The lowest BCUT2D eigenvalue weighted by Crippen LogP contribution is -2.31. The summed E-state index contributed by atoms with van der Waals surface area (Å²) in [5.74, 6) is 0.826. The maximum Gasteiger partial charge on any atom is 0.414 e.